The van der Waals surface area contributed by atoms with Gasteiger partial charge in [0.15, 0.2) is 0 Å². The van der Waals surface area contributed by atoms with Crippen molar-refractivity contribution in [3.05, 3.63) is 0 Å². The van der Waals surface area contributed by atoms with Gasteiger partial charge in [-0.3, -0.25) is 0 Å². The van der Waals surface area contributed by atoms with E-state index in [4.69, 9.17) is 10.5 Å². The SMILES string of the molecule is CCC(C)C(C)CCOCCN. The smallest absolute Gasteiger partial charge is 0.0588 e. The summed E-state index contributed by atoms with van der Waals surface area (Å²) in [4.78, 5) is 0. The van der Waals surface area contributed by atoms with Crippen LogP contribution in [-0.4, -0.2) is 19.8 Å². The van der Waals surface area contributed by atoms with Crippen LogP contribution in [0.25, 0.3) is 0 Å². The molecule has 0 aromatic rings. The summed E-state index contributed by atoms with van der Waals surface area (Å²) >= 11 is 0. The predicted molar refractivity (Wildman–Crippen MR) is 53.1 cm³/mol. The molecule has 12 heavy (non-hydrogen) atoms. The van der Waals surface area contributed by atoms with Crippen LogP contribution < -0.4 is 5.73 Å². The molecule has 2 heteroatoms. The lowest BCUT2D eigenvalue weighted by atomic mass is 9.91. The third-order valence-corrected chi connectivity index (χ3v) is 2.60. The van der Waals surface area contributed by atoms with Crippen LogP contribution in [0.15, 0.2) is 0 Å². The molecule has 0 aliphatic rings. The number of rotatable bonds is 7. The second-order valence-electron chi connectivity index (χ2n) is 3.55. The summed E-state index contributed by atoms with van der Waals surface area (Å²) in [7, 11) is 0. The third-order valence-electron chi connectivity index (χ3n) is 2.60. The minimum Gasteiger partial charge on any atom is -0.380 e. The van der Waals surface area contributed by atoms with Crippen molar-refractivity contribution in [1.82, 2.24) is 0 Å². The Morgan fingerprint density at radius 1 is 1.17 bits per heavy atom. The molecule has 0 amide bonds. The van der Waals surface area contributed by atoms with Gasteiger partial charge in [-0.25, -0.2) is 0 Å². The lowest BCUT2D eigenvalue weighted by Gasteiger charge is -2.17. The van der Waals surface area contributed by atoms with Gasteiger partial charge in [0, 0.05) is 13.2 Å². The van der Waals surface area contributed by atoms with Crippen LogP contribution in [0.2, 0.25) is 0 Å². The maximum absolute atomic E-state index is 5.32. The van der Waals surface area contributed by atoms with Crippen molar-refractivity contribution in [3.63, 3.8) is 0 Å². The first-order valence-corrected chi connectivity index (χ1v) is 5.00. The summed E-state index contributed by atoms with van der Waals surface area (Å²) in [6, 6.07) is 0. The summed E-state index contributed by atoms with van der Waals surface area (Å²) in [5, 5.41) is 0. The van der Waals surface area contributed by atoms with E-state index >= 15 is 0 Å². The van der Waals surface area contributed by atoms with Crippen molar-refractivity contribution in [1.29, 1.82) is 0 Å². The zero-order valence-corrected chi connectivity index (χ0v) is 8.68. The van der Waals surface area contributed by atoms with Crippen molar-refractivity contribution < 1.29 is 4.74 Å². The number of nitrogens with two attached hydrogens (primary N) is 1. The van der Waals surface area contributed by atoms with Crippen molar-refractivity contribution in [2.75, 3.05) is 19.8 Å². The lowest BCUT2D eigenvalue weighted by Crippen LogP contribution is -2.13. The van der Waals surface area contributed by atoms with E-state index in [0.29, 0.717) is 13.2 Å². The van der Waals surface area contributed by atoms with E-state index in [2.05, 4.69) is 20.8 Å². The van der Waals surface area contributed by atoms with E-state index in [-0.39, 0.29) is 0 Å². The summed E-state index contributed by atoms with van der Waals surface area (Å²) in [6.07, 6.45) is 2.42. The van der Waals surface area contributed by atoms with Crippen LogP contribution in [0.1, 0.15) is 33.6 Å². The first kappa shape index (κ1) is 11.9. The average Bonchev–Trinajstić information content (AvgIpc) is 2.10. The minimum atomic E-state index is 0.637. The number of hydrogen-bond acceptors (Lipinski definition) is 2. The monoisotopic (exact) mass is 173 g/mol. The van der Waals surface area contributed by atoms with E-state index in [1.54, 1.807) is 0 Å². The average molecular weight is 173 g/mol. The molecule has 2 nitrogen and oxygen atoms in total. The summed E-state index contributed by atoms with van der Waals surface area (Å²) in [6.45, 7) is 9.03. The van der Waals surface area contributed by atoms with Gasteiger partial charge in [0.05, 0.1) is 6.61 Å². The van der Waals surface area contributed by atoms with Gasteiger partial charge in [-0.2, -0.15) is 0 Å². The molecule has 0 aliphatic carbocycles. The standard InChI is InChI=1S/C10H23NO/c1-4-9(2)10(3)5-7-12-8-6-11/h9-10H,4-8,11H2,1-3H3. The van der Waals surface area contributed by atoms with Gasteiger partial charge in [0.1, 0.15) is 0 Å². The maximum atomic E-state index is 5.32. The molecule has 0 fully saturated rings. The molecule has 0 rings (SSSR count). The number of ether oxygens (including phenoxy) is 1. The summed E-state index contributed by atoms with van der Waals surface area (Å²) < 4.78 is 5.32. The van der Waals surface area contributed by atoms with Crippen LogP contribution in [-0.2, 0) is 4.74 Å². The Bertz CT molecular complexity index is 95.8. The quantitative estimate of drug-likeness (QED) is 0.598. The molecule has 0 bridgehead atoms. The normalized spacial score (nSPS) is 16.0. The van der Waals surface area contributed by atoms with Crippen LogP contribution in [0.4, 0.5) is 0 Å². The van der Waals surface area contributed by atoms with Crippen LogP contribution in [0.5, 0.6) is 0 Å². The molecule has 0 aliphatic heterocycles. The number of hydrogen-bond donors (Lipinski definition) is 1. The minimum absolute atomic E-state index is 0.637. The Labute approximate surface area is 76.5 Å². The Morgan fingerprint density at radius 3 is 2.33 bits per heavy atom. The Hall–Kier alpha value is -0.0800. The molecule has 2 unspecified atom stereocenters. The highest BCUT2D eigenvalue weighted by Gasteiger charge is 2.08. The van der Waals surface area contributed by atoms with Gasteiger partial charge in [0.2, 0.25) is 0 Å². The van der Waals surface area contributed by atoms with Gasteiger partial charge < -0.3 is 10.5 Å². The fourth-order valence-electron chi connectivity index (χ4n) is 1.14. The van der Waals surface area contributed by atoms with E-state index in [9.17, 15) is 0 Å². The van der Waals surface area contributed by atoms with E-state index in [1.807, 2.05) is 0 Å². The van der Waals surface area contributed by atoms with E-state index < -0.39 is 0 Å². The maximum Gasteiger partial charge on any atom is 0.0588 e. The van der Waals surface area contributed by atoms with Gasteiger partial charge >= 0.3 is 0 Å². The van der Waals surface area contributed by atoms with Crippen LogP contribution in [0, 0.1) is 11.8 Å². The Morgan fingerprint density at radius 2 is 1.83 bits per heavy atom. The van der Waals surface area contributed by atoms with Crippen LogP contribution >= 0.6 is 0 Å². The predicted octanol–water partition coefficient (Wildman–Crippen LogP) is 2.03. The molecule has 0 saturated carbocycles. The van der Waals surface area contributed by atoms with Gasteiger partial charge in [-0.05, 0) is 18.3 Å². The van der Waals surface area contributed by atoms with Gasteiger partial charge in [-0.1, -0.05) is 27.2 Å². The molecular weight excluding hydrogens is 150 g/mol. The molecular formula is C10H23NO. The topological polar surface area (TPSA) is 35.2 Å². The molecule has 0 aromatic carbocycles. The highest BCUT2D eigenvalue weighted by Crippen LogP contribution is 2.17. The molecule has 0 heterocycles. The largest absolute Gasteiger partial charge is 0.380 e. The molecule has 0 spiro atoms. The summed E-state index contributed by atoms with van der Waals surface area (Å²) in [5.41, 5.74) is 5.31. The Kier molecular flexibility index (Phi) is 7.51. The van der Waals surface area contributed by atoms with Crippen molar-refractivity contribution in [2.45, 2.75) is 33.6 Å². The van der Waals surface area contributed by atoms with E-state index in [0.717, 1.165) is 24.9 Å². The second-order valence-corrected chi connectivity index (χ2v) is 3.55. The second kappa shape index (κ2) is 7.56. The summed E-state index contributed by atoms with van der Waals surface area (Å²) in [5.74, 6) is 1.58. The zero-order valence-electron chi connectivity index (χ0n) is 8.68. The highest BCUT2D eigenvalue weighted by molar-refractivity contribution is 4.59. The van der Waals surface area contributed by atoms with E-state index in [1.165, 1.54) is 6.42 Å². The molecule has 2 atom stereocenters. The molecule has 74 valence electrons. The van der Waals surface area contributed by atoms with Gasteiger partial charge in [0.25, 0.3) is 0 Å². The third kappa shape index (κ3) is 5.56. The van der Waals surface area contributed by atoms with Crippen molar-refractivity contribution in [3.8, 4) is 0 Å². The molecule has 0 saturated heterocycles. The van der Waals surface area contributed by atoms with Crippen molar-refractivity contribution >= 4 is 0 Å². The first-order chi connectivity index (χ1) is 5.72. The van der Waals surface area contributed by atoms with Gasteiger partial charge in [-0.15, -0.1) is 0 Å². The molecule has 0 radical (unpaired) electrons. The highest BCUT2D eigenvalue weighted by atomic mass is 16.5. The first-order valence-electron chi connectivity index (χ1n) is 5.00. The Balaban J connectivity index is 3.24. The van der Waals surface area contributed by atoms with Crippen molar-refractivity contribution in [2.24, 2.45) is 17.6 Å². The van der Waals surface area contributed by atoms with Crippen LogP contribution in [0.3, 0.4) is 0 Å². The fourth-order valence-corrected chi connectivity index (χ4v) is 1.14. The lowest BCUT2D eigenvalue weighted by molar-refractivity contribution is 0.120. The molecule has 2 N–H and O–H groups in total. The zero-order chi connectivity index (χ0) is 9.40. The molecule has 0 aromatic heterocycles. The fraction of sp³-hybridized carbons (Fsp3) is 1.00.